The van der Waals surface area contributed by atoms with Gasteiger partial charge in [0.25, 0.3) is 0 Å². The number of aliphatic carboxylic acids is 1. The Morgan fingerprint density at radius 3 is 2.53 bits per heavy atom. The second-order valence-electron chi connectivity index (χ2n) is 7.30. The minimum atomic E-state index is -0.826. The summed E-state index contributed by atoms with van der Waals surface area (Å²) in [6.45, 7) is 3.15. The number of hydrogen-bond donors (Lipinski definition) is 1. The number of nitrogens with zero attached hydrogens (tertiary/aromatic N) is 1. The van der Waals surface area contributed by atoms with E-state index < -0.39 is 5.97 Å². The van der Waals surface area contributed by atoms with Crippen LogP contribution in [0.25, 0.3) is 10.9 Å². The van der Waals surface area contributed by atoms with Gasteiger partial charge in [0, 0.05) is 27.6 Å². The van der Waals surface area contributed by atoms with Crippen LogP contribution >= 0.6 is 15.9 Å². The van der Waals surface area contributed by atoms with Crippen molar-refractivity contribution in [2.24, 2.45) is 0 Å². The number of carboxylic acid groups (broad SMARTS) is 1. The molecule has 0 fully saturated rings. The van der Waals surface area contributed by atoms with Crippen LogP contribution in [0.4, 0.5) is 0 Å². The molecule has 0 aliphatic heterocycles. The highest BCUT2D eigenvalue weighted by atomic mass is 79.9. The highest BCUT2D eigenvalue weighted by Crippen LogP contribution is 2.30. The van der Waals surface area contributed by atoms with Crippen molar-refractivity contribution in [3.8, 4) is 5.75 Å². The lowest BCUT2D eigenvalue weighted by Crippen LogP contribution is -2.05. The number of rotatable bonds is 7. The maximum Gasteiger partial charge on any atom is 0.307 e. The van der Waals surface area contributed by atoms with Gasteiger partial charge in [0.1, 0.15) is 12.4 Å². The molecule has 0 aliphatic carbocycles. The van der Waals surface area contributed by atoms with Crippen LogP contribution in [0.1, 0.15) is 22.4 Å². The minimum Gasteiger partial charge on any atom is -0.489 e. The molecule has 0 unspecified atom stereocenters. The summed E-state index contributed by atoms with van der Waals surface area (Å²) in [6, 6.07) is 24.2. The van der Waals surface area contributed by atoms with Crippen molar-refractivity contribution in [2.75, 3.05) is 0 Å². The smallest absolute Gasteiger partial charge is 0.307 e. The standard InChI is InChI=1S/C25H22BrNO3/c1-17-22(14-25(28)29)23-13-20(26)10-11-24(23)27(17)15-19-8-5-9-21(12-19)30-16-18-6-3-2-4-7-18/h2-13H,14-16H2,1H3,(H,28,29). The van der Waals surface area contributed by atoms with E-state index in [1.54, 1.807) is 0 Å². The molecule has 1 N–H and O–H groups in total. The summed E-state index contributed by atoms with van der Waals surface area (Å²) in [5, 5.41) is 10.3. The van der Waals surface area contributed by atoms with Gasteiger partial charge in [-0.15, -0.1) is 0 Å². The molecular weight excluding hydrogens is 442 g/mol. The van der Waals surface area contributed by atoms with Gasteiger partial charge in [-0.05, 0) is 53.9 Å². The third kappa shape index (κ3) is 4.41. The van der Waals surface area contributed by atoms with Crippen LogP contribution in [0, 0.1) is 6.92 Å². The maximum absolute atomic E-state index is 11.4. The monoisotopic (exact) mass is 463 g/mol. The topological polar surface area (TPSA) is 51.5 Å². The maximum atomic E-state index is 11.4. The molecule has 1 heterocycles. The van der Waals surface area contributed by atoms with Crippen molar-refractivity contribution in [1.29, 1.82) is 0 Å². The Morgan fingerprint density at radius 1 is 1.00 bits per heavy atom. The quantitative estimate of drug-likeness (QED) is 0.367. The Morgan fingerprint density at radius 2 is 1.77 bits per heavy atom. The summed E-state index contributed by atoms with van der Waals surface area (Å²) in [7, 11) is 0. The molecule has 0 amide bonds. The summed E-state index contributed by atoms with van der Waals surface area (Å²) in [4.78, 5) is 11.4. The van der Waals surface area contributed by atoms with Crippen LogP contribution in [0.5, 0.6) is 5.75 Å². The van der Waals surface area contributed by atoms with Gasteiger partial charge in [-0.1, -0.05) is 58.4 Å². The number of carboxylic acids is 1. The molecule has 1 aromatic heterocycles. The summed E-state index contributed by atoms with van der Waals surface area (Å²) in [6.07, 6.45) is 0.00597. The van der Waals surface area contributed by atoms with E-state index in [0.29, 0.717) is 13.2 Å². The molecule has 0 radical (unpaired) electrons. The molecule has 0 aliphatic rings. The van der Waals surface area contributed by atoms with Gasteiger partial charge in [0.2, 0.25) is 0 Å². The molecule has 3 aromatic carbocycles. The number of halogens is 1. The third-order valence-electron chi connectivity index (χ3n) is 5.23. The molecule has 0 atom stereocenters. The zero-order chi connectivity index (χ0) is 21.1. The van der Waals surface area contributed by atoms with Gasteiger partial charge >= 0.3 is 5.97 Å². The first kappa shape index (κ1) is 20.2. The summed E-state index contributed by atoms with van der Waals surface area (Å²) < 4.78 is 9.09. The molecule has 4 aromatic rings. The average molecular weight is 464 g/mol. The molecule has 152 valence electrons. The predicted molar refractivity (Wildman–Crippen MR) is 122 cm³/mol. The molecule has 0 saturated carbocycles. The van der Waals surface area contributed by atoms with Gasteiger partial charge in [-0.3, -0.25) is 4.79 Å². The van der Waals surface area contributed by atoms with E-state index in [1.807, 2.05) is 73.7 Å². The fourth-order valence-electron chi connectivity index (χ4n) is 3.76. The van der Waals surface area contributed by atoms with E-state index in [1.165, 1.54) is 0 Å². The Labute approximate surface area is 183 Å². The normalized spacial score (nSPS) is 11.0. The second-order valence-corrected chi connectivity index (χ2v) is 8.22. The molecule has 4 rings (SSSR count). The third-order valence-corrected chi connectivity index (χ3v) is 5.72. The Balaban J connectivity index is 1.63. The number of carbonyl (C=O) groups is 1. The largest absolute Gasteiger partial charge is 0.489 e. The number of benzene rings is 3. The van der Waals surface area contributed by atoms with E-state index in [0.717, 1.165) is 43.5 Å². The molecule has 0 spiro atoms. The van der Waals surface area contributed by atoms with Crippen LogP contribution in [0.2, 0.25) is 0 Å². The lowest BCUT2D eigenvalue weighted by atomic mass is 10.1. The zero-order valence-electron chi connectivity index (χ0n) is 16.6. The average Bonchev–Trinajstić information content (AvgIpc) is 2.98. The van der Waals surface area contributed by atoms with Gasteiger partial charge in [-0.2, -0.15) is 0 Å². The lowest BCUT2D eigenvalue weighted by molar-refractivity contribution is -0.136. The van der Waals surface area contributed by atoms with Gasteiger partial charge < -0.3 is 14.4 Å². The van der Waals surface area contributed by atoms with Gasteiger partial charge in [-0.25, -0.2) is 0 Å². The molecule has 0 bridgehead atoms. The first-order valence-electron chi connectivity index (χ1n) is 9.76. The molecular formula is C25H22BrNO3. The van der Waals surface area contributed by atoms with Crippen molar-refractivity contribution >= 4 is 32.8 Å². The number of aromatic nitrogens is 1. The Kier molecular flexibility index (Phi) is 5.91. The number of fused-ring (bicyclic) bond motifs is 1. The fraction of sp³-hybridized carbons (Fsp3) is 0.160. The van der Waals surface area contributed by atoms with Crippen LogP contribution in [-0.4, -0.2) is 15.6 Å². The summed E-state index contributed by atoms with van der Waals surface area (Å²) in [5.74, 6) is -0.00703. The zero-order valence-corrected chi connectivity index (χ0v) is 18.2. The Bertz CT molecular complexity index is 1200. The fourth-order valence-corrected chi connectivity index (χ4v) is 4.12. The van der Waals surface area contributed by atoms with Crippen LogP contribution in [0.15, 0.2) is 77.3 Å². The van der Waals surface area contributed by atoms with Gasteiger partial charge in [0.15, 0.2) is 0 Å². The summed E-state index contributed by atoms with van der Waals surface area (Å²) >= 11 is 3.51. The lowest BCUT2D eigenvalue weighted by Gasteiger charge is -2.11. The highest BCUT2D eigenvalue weighted by molar-refractivity contribution is 9.10. The highest BCUT2D eigenvalue weighted by Gasteiger charge is 2.17. The molecule has 30 heavy (non-hydrogen) atoms. The van der Waals surface area contributed by atoms with Crippen molar-refractivity contribution in [2.45, 2.75) is 26.5 Å². The van der Waals surface area contributed by atoms with Crippen LogP contribution < -0.4 is 4.74 Å². The van der Waals surface area contributed by atoms with Crippen LogP contribution in [-0.2, 0) is 24.4 Å². The van der Waals surface area contributed by atoms with Gasteiger partial charge in [0.05, 0.1) is 6.42 Å². The van der Waals surface area contributed by atoms with E-state index in [4.69, 9.17) is 4.74 Å². The van der Waals surface area contributed by atoms with E-state index in [-0.39, 0.29) is 6.42 Å². The molecule has 5 heteroatoms. The van der Waals surface area contributed by atoms with Crippen molar-refractivity contribution in [3.05, 3.63) is 99.7 Å². The minimum absolute atomic E-state index is 0.00597. The first-order chi connectivity index (χ1) is 14.5. The molecule has 0 saturated heterocycles. The Hall–Kier alpha value is -3.05. The van der Waals surface area contributed by atoms with E-state index >= 15 is 0 Å². The summed E-state index contributed by atoms with van der Waals surface area (Å²) in [5.41, 5.74) is 5.09. The van der Waals surface area contributed by atoms with E-state index in [2.05, 4.69) is 26.6 Å². The SMILES string of the molecule is Cc1c(CC(=O)O)c2cc(Br)ccc2n1Cc1cccc(OCc2ccccc2)c1. The first-order valence-corrected chi connectivity index (χ1v) is 10.6. The number of hydrogen-bond acceptors (Lipinski definition) is 2. The van der Waals surface area contributed by atoms with Crippen molar-refractivity contribution in [1.82, 2.24) is 4.57 Å². The van der Waals surface area contributed by atoms with Crippen LogP contribution in [0.3, 0.4) is 0 Å². The van der Waals surface area contributed by atoms with E-state index in [9.17, 15) is 9.90 Å². The van der Waals surface area contributed by atoms with Crippen molar-refractivity contribution < 1.29 is 14.6 Å². The predicted octanol–water partition coefficient (Wildman–Crippen LogP) is 5.97. The van der Waals surface area contributed by atoms with Crippen molar-refractivity contribution in [3.63, 3.8) is 0 Å². The second kappa shape index (κ2) is 8.76. The molecule has 4 nitrogen and oxygen atoms in total. The number of ether oxygens (including phenoxy) is 1.